The Morgan fingerprint density at radius 3 is 2.17 bits per heavy atom. The van der Waals surface area contributed by atoms with E-state index in [0.29, 0.717) is 5.75 Å². The van der Waals surface area contributed by atoms with Gasteiger partial charge in [0.2, 0.25) is 0 Å². The summed E-state index contributed by atoms with van der Waals surface area (Å²) in [5, 5.41) is 14.1. The number of rotatable bonds is 5. The molecule has 0 fully saturated rings. The molecule has 0 amide bonds. The van der Waals surface area contributed by atoms with E-state index in [0.717, 1.165) is 61.7 Å². The number of benzene rings is 5. The van der Waals surface area contributed by atoms with Crippen molar-refractivity contribution in [1.82, 2.24) is 14.5 Å². The summed E-state index contributed by atoms with van der Waals surface area (Å²) < 4.78 is 2.10. The number of anilines is 3. The molecule has 0 saturated carbocycles. The summed E-state index contributed by atoms with van der Waals surface area (Å²) in [6, 6.07) is 40.0. The average Bonchev–Trinajstić information content (AvgIpc) is 3.40. The molecule has 2 heterocycles. The van der Waals surface area contributed by atoms with Gasteiger partial charge in [0, 0.05) is 35.4 Å². The molecule has 0 radical (unpaired) electrons. The average molecular weight is 631 g/mol. The Kier molecular flexibility index (Phi) is 7.59. The first-order valence-corrected chi connectivity index (χ1v) is 16.5. The van der Waals surface area contributed by atoms with Crippen LogP contribution in [0.15, 0.2) is 121 Å². The number of imidazole rings is 1. The van der Waals surface area contributed by atoms with E-state index in [2.05, 4.69) is 148 Å². The van der Waals surface area contributed by atoms with E-state index in [-0.39, 0.29) is 10.8 Å². The molecule has 48 heavy (non-hydrogen) atoms. The van der Waals surface area contributed by atoms with E-state index in [9.17, 15) is 5.11 Å². The van der Waals surface area contributed by atoms with Gasteiger partial charge in [-0.1, -0.05) is 114 Å². The van der Waals surface area contributed by atoms with Crippen LogP contribution in [0.25, 0.3) is 44.3 Å². The number of aromatic nitrogens is 3. The van der Waals surface area contributed by atoms with Crippen molar-refractivity contribution in [1.29, 1.82) is 0 Å². The van der Waals surface area contributed by atoms with E-state index >= 15 is 0 Å². The quantitative estimate of drug-likeness (QED) is 0.206. The van der Waals surface area contributed by atoms with Crippen molar-refractivity contribution < 1.29 is 5.11 Å². The lowest BCUT2D eigenvalue weighted by Gasteiger charge is -2.27. The molecule has 0 aliphatic heterocycles. The van der Waals surface area contributed by atoms with E-state index < -0.39 is 0 Å². The number of aromatic hydroxyl groups is 1. The Hall–Kier alpha value is -5.42. The zero-order valence-corrected chi connectivity index (χ0v) is 28.8. The summed E-state index contributed by atoms with van der Waals surface area (Å²) in [6.07, 6.45) is 1.84. The standard InChI is InChI=1S/C43H42N4O/c1-42(2,3)30-26-34(40(48)35(27-30)43(4,5)6)41-45-39-33(20-14-22-37(39)46(41)7)29-17-12-18-31(25-29)47(38-23-10-11-24-44-38)36-21-13-16-28-15-8-9-19-32(28)36/h8-27,48H,1-7H3. The van der Waals surface area contributed by atoms with Gasteiger partial charge in [-0.05, 0) is 69.8 Å². The highest BCUT2D eigenvalue weighted by atomic mass is 16.3. The van der Waals surface area contributed by atoms with Gasteiger partial charge in [-0.15, -0.1) is 0 Å². The second-order valence-corrected chi connectivity index (χ2v) is 14.7. The van der Waals surface area contributed by atoms with Crippen LogP contribution in [0.3, 0.4) is 0 Å². The van der Waals surface area contributed by atoms with Gasteiger partial charge in [0.15, 0.2) is 0 Å². The Bertz CT molecular complexity index is 2280. The second-order valence-electron chi connectivity index (χ2n) is 14.7. The Morgan fingerprint density at radius 1 is 0.688 bits per heavy atom. The minimum absolute atomic E-state index is 0.0950. The van der Waals surface area contributed by atoms with E-state index in [1.54, 1.807) is 0 Å². The monoisotopic (exact) mass is 630 g/mol. The highest BCUT2D eigenvalue weighted by molar-refractivity contribution is 6.00. The minimum atomic E-state index is -0.236. The van der Waals surface area contributed by atoms with Crippen molar-refractivity contribution >= 4 is 39.0 Å². The zero-order valence-electron chi connectivity index (χ0n) is 28.8. The maximum atomic E-state index is 11.7. The molecule has 7 aromatic rings. The van der Waals surface area contributed by atoms with Crippen LogP contribution in [0.5, 0.6) is 5.75 Å². The third-order valence-corrected chi connectivity index (χ3v) is 9.24. The maximum absolute atomic E-state index is 11.7. The number of phenols is 1. The molecule has 0 aliphatic carbocycles. The summed E-state index contributed by atoms with van der Waals surface area (Å²) >= 11 is 0. The van der Waals surface area contributed by atoms with E-state index in [1.807, 2.05) is 31.4 Å². The summed E-state index contributed by atoms with van der Waals surface area (Å²) in [7, 11) is 2.04. The van der Waals surface area contributed by atoms with Gasteiger partial charge < -0.3 is 9.67 Å². The van der Waals surface area contributed by atoms with Gasteiger partial charge in [0.05, 0.1) is 22.3 Å². The highest BCUT2D eigenvalue weighted by Gasteiger charge is 2.27. The van der Waals surface area contributed by atoms with Crippen molar-refractivity contribution in [3.63, 3.8) is 0 Å². The zero-order chi connectivity index (χ0) is 33.8. The number of hydrogen-bond acceptors (Lipinski definition) is 4. The van der Waals surface area contributed by atoms with Crippen molar-refractivity contribution in [2.24, 2.45) is 7.05 Å². The molecule has 0 spiro atoms. The smallest absolute Gasteiger partial charge is 0.144 e. The Labute approximate surface area is 283 Å². The molecule has 0 aliphatic rings. The number of phenolic OH excluding ortho intramolecular Hbond substituents is 1. The van der Waals surface area contributed by atoms with Gasteiger partial charge >= 0.3 is 0 Å². The summed E-state index contributed by atoms with van der Waals surface area (Å²) in [5.41, 5.74) is 8.54. The lowest BCUT2D eigenvalue weighted by atomic mass is 9.79. The molecular weight excluding hydrogens is 589 g/mol. The van der Waals surface area contributed by atoms with Crippen molar-refractivity contribution in [2.75, 3.05) is 4.90 Å². The molecule has 0 saturated heterocycles. The largest absolute Gasteiger partial charge is 0.507 e. The topological polar surface area (TPSA) is 54.2 Å². The van der Waals surface area contributed by atoms with Gasteiger partial charge in [0.25, 0.3) is 0 Å². The van der Waals surface area contributed by atoms with Crippen LogP contribution in [0.4, 0.5) is 17.2 Å². The van der Waals surface area contributed by atoms with Gasteiger partial charge in [0.1, 0.15) is 17.4 Å². The van der Waals surface area contributed by atoms with Gasteiger partial charge in [-0.2, -0.15) is 0 Å². The SMILES string of the molecule is Cn1c(-c2cc(C(C)(C)C)cc(C(C)(C)C)c2O)nc2c(-c3cccc(N(c4ccccn4)c4cccc5ccccc45)c3)cccc21. The lowest BCUT2D eigenvalue weighted by Crippen LogP contribution is -2.17. The molecule has 1 N–H and O–H groups in total. The highest BCUT2D eigenvalue weighted by Crippen LogP contribution is 2.44. The van der Waals surface area contributed by atoms with E-state index in [4.69, 9.17) is 9.97 Å². The number of hydrogen-bond donors (Lipinski definition) is 1. The van der Waals surface area contributed by atoms with Crippen molar-refractivity contribution in [3.05, 3.63) is 133 Å². The van der Waals surface area contributed by atoms with Crippen LogP contribution in [0, 0.1) is 0 Å². The van der Waals surface area contributed by atoms with E-state index in [1.165, 1.54) is 10.9 Å². The molecule has 5 nitrogen and oxygen atoms in total. The van der Waals surface area contributed by atoms with Crippen molar-refractivity contribution in [2.45, 2.75) is 52.4 Å². The summed E-state index contributed by atoms with van der Waals surface area (Å²) in [6.45, 7) is 13.1. The molecule has 5 heteroatoms. The predicted molar refractivity (Wildman–Crippen MR) is 201 cm³/mol. The maximum Gasteiger partial charge on any atom is 0.144 e. The molecular formula is C43H42N4O. The van der Waals surface area contributed by atoms with Crippen LogP contribution in [0.2, 0.25) is 0 Å². The second kappa shape index (κ2) is 11.7. The van der Waals surface area contributed by atoms with Crippen LogP contribution in [0.1, 0.15) is 52.7 Å². The predicted octanol–water partition coefficient (Wildman–Crippen LogP) is 11.2. The van der Waals surface area contributed by atoms with Crippen LogP contribution >= 0.6 is 0 Å². The summed E-state index contributed by atoms with van der Waals surface area (Å²) in [5.74, 6) is 1.88. The third kappa shape index (κ3) is 5.49. The number of para-hydroxylation sites is 1. The summed E-state index contributed by atoms with van der Waals surface area (Å²) in [4.78, 5) is 12.3. The van der Waals surface area contributed by atoms with Crippen molar-refractivity contribution in [3.8, 4) is 28.3 Å². The normalized spacial score (nSPS) is 12.1. The first-order chi connectivity index (χ1) is 22.9. The number of nitrogens with zero attached hydrogens (tertiary/aromatic N) is 4. The first-order valence-electron chi connectivity index (χ1n) is 16.5. The van der Waals surface area contributed by atoms with Gasteiger partial charge in [-0.25, -0.2) is 9.97 Å². The molecule has 7 rings (SSSR count). The Morgan fingerprint density at radius 2 is 1.42 bits per heavy atom. The fraction of sp³-hybridized carbons (Fsp3) is 0.209. The number of pyridine rings is 1. The molecule has 0 atom stereocenters. The molecule has 0 bridgehead atoms. The van der Waals surface area contributed by atoms with Crippen LogP contribution < -0.4 is 4.90 Å². The molecule has 0 unspecified atom stereocenters. The van der Waals surface area contributed by atoms with Crippen LogP contribution in [-0.4, -0.2) is 19.6 Å². The lowest BCUT2D eigenvalue weighted by molar-refractivity contribution is 0.446. The fourth-order valence-electron chi connectivity index (χ4n) is 6.59. The van der Waals surface area contributed by atoms with Crippen LogP contribution in [-0.2, 0) is 17.9 Å². The first kappa shape index (κ1) is 31.2. The Balaban J connectivity index is 1.41. The number of fused-ring (bicyclic) bond motifs is 2. The third-order valence-electron chi connectivity index (χ3n) is 9.24. The molecule has 2 aromatic heterocycles. The molecule has 240 valence electrons. The fourth-order valence-corrected chi connectivity index (χ4v) is 6.59. The number of aryl methyl sites for hydroxylation is 1. The van der Waals surface area contributed by atoms with Gasteiger partial charge in [-0.3, -0.25) is 4.90 Å². The minimum Gasteiger partial charge on any atom is -0.507 e. The molecule has 5 aromatic carbocycles.